The number of aryl methyl sites for hydroxylation is 3. The van der Waals surface area contributed by atoms with Crippen LogP contribution >= 0.6 is 15.9 Å². The van der Waals surface area contributed by atoms with Crippen LogP contribution < -0.4 is 0 Å². The number of benzene rings is 6. The van der Waals surface area contributed by atoms with Crippen LogP contribution in [-0.4, -0.2) is 57.7 Å². The van der Waals surface area contributed by atoms with E-state index in [0.29, 0.717) is 18.1 Å². The quantitative estimate of drug-likeness (QED) is 0.183. The normalized spacial score (nSPS) is 14.2. The molecule has 12 aromatic rings. The van der Waals surface area contributed by atoms with Gasteiger partial charge in [-0.1, -0.05) is 33.1 Å². The molecule has 0 amide bonds. The number of fused-ring (bicyclic) bond motifs is 6. The van der Waals surface area contributed by atoms with Crippen LogP contribution in [0.25, 0.3) is 78.1 Å². The van der Waals surface area contributed by atoms with Gasteiger partial charge in [0.25, 0.3) is 0 Å². The first-order valence-electron chi connectivity index (χ1n) is 23.5. The van der Waals surface area contributed by atoms with Crippen LogP contribution in [0.5, 0.6) is 0 Å². The zero-order chi connectivity index (χ0) is 47.8. The molecular weight excluding hydrogens is 978 g/mol. The fraction of sp³-hybridized carbons (Fsp3) is 0.250. The molecule has 366 valence electrons. The van der Waals surface area contributed by atoms with Gasteiger partial charge < -0.3 is 18.7 Å². The second-order valence-electron chi connectivity index (χ2n) is 18.5. The van der Waals surface area contributed by atoms with Crippen LogP contribution in [0.2, 0.25) is 0 Å². The lowest BCUT2D eigenvalue weighted by Gasteiger charge is -2.09. The third-order valence-corrected chi connectivity index (χ3v) is 13.6. The molecule has 3 aliphatic rings. The molecule has 3 saturated carbocycles. The summed E-state index contributed by atoms with van der Waals surface area (Å²) in [7, 11) is 0. The molecule has 72 heavy (non-hydrogen) atoms. The summed E-state index contributed by atoms with van der Waals surface area (Å²) in [6.45, 7) is 6.19. The molecule has 12 nitrogen and oxygen atoms in total. The lowest BCUT2D eigenvalue weighted by atomic mass is 10.2. The van der Waals surface area contributed by atoms with Crippen molar-refractivity contribution >= 4 is 82.1 Å². The van der Waals surface area contributed by atoms with E-state index in [-0.39, 0.29) is 32.3 Å². The van der Waals surface area contributed by atoms with Gasteiger partial charge in [0.15, 0.2) is 4.73 Å². The van der Waals surface area contributed by atoms with Crippen LogP contribution in [0, 0.1) is 38.2 Å². The molecule has 0 aliphatic heterocycles. The van der Waals surface area contributed by atoms with E-state index in [9.17, 15) is 13.2 Å². The summed E-state index contributed by atoms with van der Waals surface area (Å²) in [4.78, 5) is 30.0. The van der Waals surface area contributed by atoms with E-state index < -0.39 is 0 Å². The molecule has 0 atom stereocenters. The fourth-order valence-corrected chi connectivity index (χ4v) is 9.83. The van der Waals surface area contributed by atoms with Gasteiger partial charge in [-0.25, -0.2) is 43.1 Å². The maximum atomic E-state index is 13.7. The average molecular weight is 1030 g/mol. The van der Waals surface area contributed by atoms with E-state index in [2.05, 4.69) is 118 Å². The van der Waals surface area contributed by atoms with Crippen molar-refractivity contribution in [3.8, 4) is 11.9 Å². The van der Waals surface area contributed by atoms with Crippen molar-refractivity contribution in [2.24, 2.45) is 0 Å². The number of hydrogen-bond acceptors (Lipinski definition) is 6. The van der Waals surface area contributed by atoms with Crippen LogP contribution in [0.4, 0.5) is 13.2 Å². The number of nitrogens with zero attached hydrogens (tertiary/aromatic N) is 11. The maximum Gasteiger partial charge on any atom is 0.216 e. The van der Waals surface area contributed by atoms with Gasteiger partial charge in [0.05, 0.1) is 72.5 Å². The molecule has 0 unspecified atom stereocenters. The molecule has 3 aliphatic carbocycles. The number of H-pyrrole nitrogens is 1. The molecule has 3 fully saturated rings. The molecule has 6 aromatic carbocycles. The summed E-state index contributed by atoms with van der Waals surface area (Å²) in [5.41, 5.74) is 14.8. The summed E-state index contributed by atoms with van der Waals surface area (Å²) in [5, 5.41) is 0. The number of nitrogens with one attached hydrogen (secondary N) is 1. The summed E-state index contributed by atoms with van der Waals surface area (Å²) in [6, 6.07) is 34.1. The molecule has 0 spiro atoms. The molecule has 16 heteroatoms. The molecule has 0 radical (unpaired) electrons. The summed E-state index contributed by atoms with van der Waals surface area (Å²) < 4.78 is 51.6. The SMILES string of the molecule is C.C.Cc1ccc2c(c1)ncn2-c1nc2ccc(F)cc2n1C1CC1.Cc1ccc2nc[nH]c2c1.Cc1ccc2ncn(-c3nc4ccc(F)cc4n3C3CC3)c2c1.Fc1ccc2nc(Br)n(C3CC3)c2c1. The highest BCUT2D eigenvalue weighted by molar-refractivity contribution is 9.10. The Morgan fingerprint density at radius 2 is 0.889 bits per heavy atom. The third-order valence-electron chi connectivity index (χ3n) is 13.0. The van der Waals surface area contributed by atoms with E-state index in [4.69, 9.17) is 9.97 Å². The fourth-order valence-electron chi connectivity index (χ4n) is 9.16. The van der Waals surface area contributed by atoms with E-state index in [1.54, 1.807) is 55.4 Å². The average Bonchev–Trinajstić information content (AvgIpc) is 4.31. The molecule has 0 saturated heterocycles. The predicted octanol–water partition coefficient (Wildman–Crippen LogP) is 14.7. The van der Waals surface area contributed by atoms with Gasteiger partial charge >= 0.3 is 0 Å². The highest BCUT2D eigenvalue weighted by Gasteiger charge is 2.31. The highest BCUT2D eigenvalue weighted by Crippen LogP contribution is 2.42. The van der Waals surface area contributed by atoms with Crippen LogP contribution in [-0.2, 0) is 0 Å². The van der Waals surface area contributed by atoms with Crippen molar-refractivity contribution in [1.29, 1.82) is 0 Å². The Morgan fingerprint density at radius 1 is 0.444 bits per heavy atom. The first kappa shape index (κ1) is 48.1. The summed E-state index contributed by atoms with van der Waals surface area (Å²) in [6.07, 6.45) is 12.1. The number of hydrogen-bond donors (Lipinski definition) is 1. The van der Waals surface area contributed by atoms with Gasteiger partial charge in [0, 0.05) is 18.1 Å². The number of imidazole rings is 6. The zero-order valence-corrected chi connectivity index (χ0v) is 40.1. The topological polar surface area (TPSA) is 118 Å². The van der Waals surface area contributed by atoms with E-state index >= 15 is 0 Å². The number of rotatable bonds is 5. The number of aromatic amines is 1. The van der Waals surface area contributed by atoms with Crippen LogP contribution in [0.15, 0.2) is 133 Å². The first-order chi connectivity index (χ1) is 34.0. The van der Waals surface area contributed by atoms with Gasteiger partial charge in [-0.05, 0) is 183 Å². The van der Waals surface area contributed by atoms with Crippen molar-refractivity contribution < 1.29 is 13.2 Å². The number of halogens is 4. The monoisotopic (exact) mass is 1030 g/mol. The lowest BCUT2D eigenvalue weighted by Crippen LogP contribution is -2.04. The smallest absolute Gasteiger partial charge is 0.216 e. The van der Waals surface area contributed by atoms with Gasteiger partial charge in [-0.15, -0.1) is 0 Å². The minimum absolute atomic E-state index is 0. The molecule has 6 aromatic heterocycles. The molecule has 0 bridgehead atoms. The largest absolute Gasteiger partial charge is 0.345 e. The second-order valence-corrected chi connectivity index (χ2v) is 19.3. The van der Waals surface area contributed by atoms with E-state index in [1.807, 2.05) is 21.3 Å². The Bertz CT molecular complexity index is 3940. The third kappa shape index (κ3) is 9.26. The molecule has 15 rings (SSSR count). The van der Waals surface area contributed by atoms with Gasteiger partial charge in [0.2, 0.25) is 11.9 Å². The number of aromatic nitrogens is 12. The molecule has 1 N–H and O–H groups in total. The van der Waals surface area contributed by atoms with Gasteiger partial charge in [-0.2, -0.15) is 0 Å². The Kier molecular flexibility index (Phi) is 12.8. The lowest BCUT2D eigenvalue weighted by molar-refractivity contribution is 0.627. The van der Waals surface area contributed by atoms with Crippen molar-refractivity contribution in [1.82, 2.24) is 57.7 Å². The van der Waals surface area contributed by atoms with Gasteiger partial charge in [0.1, 0.15) is 30.1 Å². The van der Waals surface area contributed by atoms with Gasteiger partial charge in [-0.3, -0.25) is 9.13 Å². The minimum Gasteiger partial charge on any atom is -0.345 e. The maximum absolute atomic E-state index is 13.7. The van der Waals surface area contributed by atoms with E-state index in [0.717, 1.165) is 109 Å². The van der Waals surface area contributed by atoms with E-state index in [1.165, 1.54) is 47.7 Å². The van der Waals surface area contributed by atoms with Crippen molar-refractivity contribution in [3.05, 3.63) is 167 Å². The molecular formula is C56H54BrF3N12. The standard InChI is InChI=1S/2C18H15FN4.C10H8BrFN2.C8H8N2.2CH4/c1-11-2-7-16-15(8-11)20-10-22(16)18-21-14-6-3-12(19)9-17(14)23(18)13-4-5-13;1-11-2-6-14-16(8-11)22(10-20-14)18-21-15-7-3-12(19)9-17(15)23(18)13-4-5-13;11-10-13-8-4-1-6(12)5-9(8)14(10)7-2-3-7;1-6-2-3-7-8(4-6)10-5-9-7;;/h2*2-3,6-10,13H,4-5H2,1H3;1,4-5,7H,2-3H2;2-5H,1H3,(H,9,10);2*1H4. The zero-order valence-electron chi connectivity index (χ0n) is 38.5. The minimum atomic E-state index is -0.225. The molecule has 6 heterocycles. The van der Waals surface area contributed by atoms with Crippen molar-refractivity contribution in [2.45, 2.75) is 92.3 Å². The Morgan fingerprint density at radius 3 is 1.46 bits per heavy atom. The highest BCUT2D eigenvalue weighted by atomic mass is 79.9. The Balaban J connectivity index is 0.000000115. The summed E-state index contributed by atoms with van der Waals surface area (Å²) >= 11 is 3.40. The van der Waals surface area contributed by atoms with Crippen molar-refractivity contribution in [2.75, 3.05) is 0 Å². The van der Waals surface area contributed by atoms with Crippen molar-refractivity contribution in [3.63, 3.8) is 0 Å². The van der Waals surface area contributed by atoms with Crippen LogP contribution in [0.1, 0.15) is 88.2 Å². The van der Waals surface area contributed by atoms with Crippen LogP contribution in [0.3, 0.4) is 0 Å². The first-order valence-corrected chi connectivity index (χ1v) is 24.3. The predicted molar refractivity (Wildman–Crippen MR) is 285 cm³/mol. The Labute approximate surface area is 422 Å². The summed E-state index contributed by atoms with van der Waals surface area (Å²) in [5.74, 6) is 0.988. The second kappa shape index (κ2) is 19.2. The Hall–Kier alpha value is -7.59.